The molecule has 0 aliphatic heterocycles. The highest BCUT2D eigenvalue weighted by atomic mass is 15.1. The summed E-state index contributed by atoms with van der Waals surface area (Å²) in [5.74, 6) is 0. The number of imidazole rings is 1. The second-order valence-corrected chi connectivity index (χ2v) is 4.74. The maximum atomic E-state index is 4.24. The predicted octanol–water partition coefficient (Wildman–Crippen LogP) is 1.29. The molecule has 16 heavy (non-hydrogen) atoms. The number of nitrogens with zero attached hydrogens (tertiary/aromatic N) is 3. The lowest BCUT2D eigenvalue weighted by Gasteiger charge is -2.26. The van der Waals surface area contributed by atoms with Crippen molar-refractivity contribution in [2.75, 3.05) is 27.2 Å². The van der Waals surface area contributed by atoms with Crippen LogP contribution in [0.3, 0.4) is 0 Å². The summed E-state index contributed by atoms with van der Waals surface area (Å²) in [5, 5.41) is 3.31. The topological polar surface area (TPSA) is 33.1 Å². The van der Waals surface area contributed by atoms with Gasteiger partial charge in [0.25, 0.3) is 0 Å². The van der Waals surface area contributed by atoms with E-state index in [2.05, 4.69) is 47.6 Å². The third kappa shape index (κ3) is 3.06. The predicted molar refractivity (Wildman–Crippen MR) is 67.5 cm³/mol. The number of aromatic nitrogens is 2. The lowest BCUT2D eigenvalue weighted by molar-refractivity contribution is 0.323. The second-order valence-electron chi connectivity index (χ2n) is 4.74. The Hall–Kier alpha value is -0.870. The molecule has 0 aliphatic rings. The number of hydrogen-bond acceptors (Lipinski definition) is 3. The zero-order valence-electron chi connectivity index (χ0n) is 11.1. The minimum Gasteiger partial charge on any atom is -0.332 e. The molecule has 0 fully saturated rings. The number of likely N-dealkylation sites (N-methyl/N-ethyl adjacent to an activating group) is 1. The van der Waals surface area contributed by atoms with E-state index in [4.69, 9.17) is 0 Å². The molecule has 0 aromatic carbocycles. The summed E-state index contributed by atoms with van der Waals surface area (Å²) < 4.78 is 2.22. The van der Waals surface area contributed by atoms with Crippen LogP contribution in [0.25, 0.3) is 0 Å². The minimum absolute atomic E-state index is 0.0265. The highest BCUT2D eigenvalue weighted by molar-refractivity contribution is 5.10. The Balaban J connectivity index is 2.71. The van der Waals surface area contributed by atoms with Crippen LogP contribution in [-0.2, 0) is 12.1 Å². The van der Waals surface area contributed by atoms with Crippen molar-refractivity contribution >= 4 is 0 Å². The molecule has 1 heterocycles. The molecule has 0 saturated carbocycles. The first kappa shape index (κ1) is 13.2. The van der Waals surface area contributed by atoms with E-state index in [0.717, 1.165) is 19.6 Å². The monoisotopic (exact) mass is 224 g/mol. The van der Waals surface area contributed by atoms with E-state index in [-0.39, 0.29) is 5.54 Å². The van der Waals surface area contributed by atoms with E-state index >= 15 is 0 Å². The van der Waals surface area contributed by atoms with Crippen LogP contribution in [0.15, 0.2) is 12.5 Å². The maximum Gasteiger partial charge on any atom is 0.0949 e. The Labute approximate surface area is 98.7 Å². The van der Waals surface area contributed by atoms with Crippen molar-refractivity contribution in [3.63, 3.8) is 0 Å². The summed E-state index contributed by atoms with van der Waals surface area (Å²) in [7, 11) is 4.12. The van der Waals surface area contributed by atoms with Crippen LogP contribution in [0.5, 0.6) is 0 Å². The van der Waals surface area contributed by atoms with Gasteiger partial charge in [-0.15, -0.1) is 0 Å². The van der Waals surface area contributed by atoms with Gasteiger partial charge in [-0.3, -0.25) is 0 Å². The van der Waals surface area contributed by atoms with Gasteiger partial charge in [-0.1, -0.05) is 6.92 Å². The smallest absolute Gasteiger partial charge is 0.0949 e. The van der Waals surface area contributed by atoms with Crippen molar-refractivity contribution in [3.8, 4) is 0 Å². The summed E-state index contributed by atoms with van der Waals surface area (Å²) in [4.78, 5) is 6.55. The Morgan fingerprint density at radius 1 is 1.50 bits per heavy atom. The van der Waals surface area contributed by atoms with Crippen LogP contribution in [0.4, 0.5) is 0 Å². The van der Waals surface area contributed by atoms with Gasteiger partial charge in [-0.2, -0.15) is 0 Å². The molecule has 0 aliphatic carbocycles. The summed E-state index contributed by atoms with van der Waals surface area (Å²) in [6.45, 7) is 9.64. The molecule has 0 radical (unpaired) electrons. The molecule has 1 aromatic heterocycles. The highest BCUT2D eigenvalue weighted by Gasteiger charge is 2.21. The average Bonchev–Trinajstić information content (AvgIpc) is 2.74. The standard InChI is InChI=1S/C12H24N4/c1-6-15(5)7-8-16-10-14-9-11(16)12(2,3)13-4/h9-10,13H,6-8H2,1-5H3. The van der Waals surface area contributed by atoms with E-state index in [0.29, 0.717) is 0 Å². The molecular formula is C12H24N4. The summed E-state index contributed by atoms with van der Waals surface area (Å²) in [6.07, 6.45) is 3.86. The number of nitrogens with one attached hydrogen (secondary N) is 1. The lowest BCUT2D eigenvalue weighted by Crippen LogP contribution is -2.36. The van der Waals surface area contributed by atoms with Crippen LogP contribution in [0.1, 0.15) is 26.5 Å². The van der Waals surface area contributed by atoms with E-state index in [1.54, 1.807) is 0 Å². The van der Waals surface area contributed by atoms with Crippen LogP contribution in [-0.4, -0.2) is 41.6 Å². The molecule has 0 amide bonds. The SMILES string of the molecule is CCN(C)CCn1cncc1C(C)(C)NC. The molecule has 1 aromatic rings. The van der Waals surface area contributed by atoms with E-state index in [1.165, 1.54) is 5.69 Å². The van der Waals surface area contributed by atoms with Gasteiger partial charge in [0.2, 0.25) is 0 Å². The first-order valence-electron chi connectivity index (χ1n) is 5.89. The minimum atomic E-state index is -0.0265. The van der Waals surface area contributed by atoms with Crippen molar-refractivity contribution < 1.29 is 0 Å². The van der Waals surface area contributed by atoms with Gasteiger partial charge in [0.15, 0.2) is 0 Å². The summed E-state index contributed by atoms with van der Waals surface area (Å²) >= 11 is 0. The van der Waals surface area contributed by atoms with E-state index < -0.39 is 0 Å². The molecule has 0 spiro atoms. The maximum absolute atomic E-state index is 4.24. The van der Waals surface area contributed by atoms with Gasteiger partial charge in [0.05, 0.1) is 17.6 Å². The van der Waals surface area contributed by atoms with Gasteiger partial charge in [-0.25, -0.2) is 4.98 Å². The zero-order chi connectivity index (χ0) is 12.2. The van der Waals surface area contributed by atoms with Crippen LogP contribution < -0.4 is 5.32 Å². The van der Waals surface area contributed by atoms with Gasteiger partial charge in [0, 0.05) is 19.3 Å². The Kier molecular flexibility index (Phi) is 4.50. The zero-order valence-corrected chi connectivity index (χ0v) is 11.1. The third-order valence-corrected chi connectivity index (χ3v) is 3.24. The molecule has 0 unspecified atom stereocenters. The molecule has 92 valence electrons. The highest BCUT2D eigenvalue weighted by Crippen LogP contribution is 2.18. The van der Waals surface area contributed by atoms with Crippen molar-refractivity contribution in [3.05, 3.63) is 18.2 Å². The van der Waals surface area contributed by atoms with Crippen LogP contribution in [0, 0.1) is 0 Å². The van der Waals surface area contributed by atoms with Gasteiger partial charge in [0.1, 0.15) is 0 Å². The Bertz CT molecular complexity index is 317. The van der Waals surface area contributed by atoms with Crippen molar-refractivity contribution in [2.45, 2.75) is 32.9 Å². The largest absolute Gasteiger partial charge is 0.332 e. The quantitative estimate of drug-likeness (QED) is 0.790. The van der Waals surface area contributed by atoms with Crippen molar-refractivity contribution in [2.24, 2.45) is 0 Å². The van der Waals surface area contributed by atoms with Crippen molar-refractivity contribution in [1.29, 1.82) is 0 Å². The number of rotatable bonds is 6. The Morgan fingerprint density at radius 2 is 2.19 bits per heavy atom. The summed E-state index contributed by atoms with van der Waals surface area (Å²) in [6, 6.07) is 0. The molecule has 4 heteroatoms. The van der Waals surface area contributed by atoms with Gasteiger partial charge >= 0.3 is 0 Å². The normalized spacial score (nSPS) is 12.4. The molecular weight excluding hydrogens is 200 g/mol. The fourth-order valence-electron chi connectivity index (χ4n) is 1.58. The molecule has 4 nitrogen and oxygen atoms in total. The Morgan fingerprint density at radius 3 is 2.75 bits per heavy atom. The molecule has 1 N–H and O–H groups in total. The van der Waals surface area contributed by atoms with E-state index in [9.17, 15) is 0 Å². The molecule has 1 rings (SSSR count). The third-order valence-electron chi connectivity index (χ3n) is 3.24. The van der Waals surface area contributed by atoms with E-state index in [1.807, 2.05) is 19.6 Å². The molecule has 0 bridgehead atoms. The lowest BCUT2D eigenvalue weighted by atomic mass is 10.0. The second kappa shape index (κ2) is 5.46. The van der Waals surface area contributed by atoms with Gasteiger partial charge < -0.3 is 14.8 Å². The molecule has 0 atom stereocenters. The fraction of sp³-hybridized carbons (Fsp3) is 0.750. The first-order valence-corrected chi connectivity index (χ1v) is 5.89. The average molecular weight is 224 g/mol. The van der Waals surface area contributed by atoms with Gasteiger partial charge in [-0.05, 0) is 34.5 Å². The summed E-state index contributed by atoms with van der Waals surface area (Å²) in [5.41, 5.74) is 1.21. The van der Waals surface area contributed by atoms with Crippen molar-refractivity contribution in [1.82, 2.24) is 19.8 Å². The molecule has 0 saturated heterocycles. The van der Waals surface area contributed by atoms with Crippen LogP contribution in [0.2, 0.25) is 0 Å². The fourth-order valence-corrected chi connectivity index (χ4v) is 1.58. The first-order chi connectivity index (χ1) is 7.51. The van der Waals surface area contributed by atoms with Crippen LogP contribution >= 0.6 is 0 Å². The number of hydrogen-bond donors (Lipinski definition) is 1.